The van der Waals surface area contributed by atoms with E-state index in [4.69, 9.17) is 13.6 Å². The van der Waals surface area contributed by atoms with Crippen molar-refractivity contribution in [3.05, 3.63) is 72.1 Å². The lowest BCUT2D eigenvalue weighted by atomic mass is 10.2. The monoisotopic (exact) mass is 297 g/mol. The van der Waals surface area contributed by atoms with Gasteiger partial charge in [-0.05, 0) is 55.0 Å². The van der Waals surface area contributed by atoms with Crippen molar-refractivity contribution >= 4 is 5.69 Å². The molecule has 0 bridgehead atoms. The van der Waals surface area contributed by atoms with Gasteiger partial charge in [-0.2, -0.15) is 0 Å². The van der Waals surface area contributed by atoms with Gasteiger partial charge in [-0.25, -0.2) is 0 Å². The van der Waals surface area contributed by atoms with Crippen molar-refractivity contribution in [1.82, 2.24) is 0 Å². The summed E-state index contributed by atoms with van der Waals surface area (Å²) in [5, 5.41) is 0. The van der Waals surface area contributed by atoms with Crippen molar-refractivity contribution in [3.8, 4) is 5.75 Å². The van der Waals surface area contributed by atoms with Crippen LogP contribution >= 0.6 is 0 Å². The summed E-state index contributed by atoms with van der Waals surface area (Å²) in [6.07, 6.45) is 3.42. The molecule has 3 aromatic rings. The molecule has 0 spiro atoms. The van der Waals surface area contributed by atoms with Crippen LogP contribution in [0.3, 0.4) is 0 Å². The van der Waals surface area contributed by atoms with Gasteiger partial charge in [0.2, 0.25) is 0 Å². The molecule has 1 aromatic carbocycles. The third-order valence-corrected chi connectivity index (χ3v) is 3.67. The number of anilines is 1. The molecule has 0 radical (unpaired) electrons. The van der Waals surface area contributed by atoms with E-state index in [1.807, 2.05) is 42.5 Å². The van der Waals surface area contributed by atoms with Gasteiger partial charge < -0.3 is 18.5 Å². The average molecular weight is 297 g/mol. The minimum absolute atomic E-state index is 0.680. The first-order valence-corrected chi connectivity index (χ1v) is 7.20. The van der Waals surface area contributed by atoms with E-state index < -0.39 is 0 Å². The van der Waals surface area contributed by atoms with E-state index in [0.29, 0.717) is 13.1 Å². The molecule has 0 saturated heterocycles. The van der Waals surface area contributed by atoms with Crippen LogP contribution in [0.1, 0.15) is 17.1 Å². The fourth-order valence-corrected chi connectivity index (χ4v) is 2.36. The zero-order valence-corrected chi connectivity index (χ0v) is 12.8. The van der Waals surface area contributed by atoms with Crippen LogP contribution in [0, 0.1) is 6.92 Å². The topological polar surface area (TPSA) is 38.8 Å². The molecule has 0 aliphatic heterocycles. The van der Waals surface area contributed by atoms with Crippen LogP contribution in [0.4, 0.5) is 5.69 Å². The Morgan fingerprint density at radius 2 is 1.77 bits per heavy atom. The van der Waals surface area contributed by atoms with Gasteiger partial charge in [0.25, 0.3) is 0 Å². The summed E-state index contributed by atoms with van der Waals surface area (Å²) in [6.45, 7) is 3.42. The lowest BCUT2D eigenvalue weighted by molar-refractivity contribution is 0.414. The summed E-state index contributed by atoms with van der Waals surface area (Å²) < 4.78 is 16.3. The highest BCUT2D eigenvalue weighted by atomic mass is 16.5. The van der Waals surface area contributed by atoms with Crippen molar-refractivity contribution in [2.45, 2.75) is 20.0 Å². The lowest BCUT2D eigenvalue weighted by Gasteiger charge is -2.23. The van der Waals surface area contributed by atoms with Gasteiger partial charge >= 0.3 is 0 Å². The van der Waals surface area contributed by atoms with E-state index in [1.54, 1.807) is 19.6 Å². The minimum Gasteiger partial charge on any atom is -0.497 e. The van der Waals surface area contributed by atoms with E-state index in [9.17, 15) is 0 Å². The van der Waals surface area contributed by atoms with Gasteiger partial charge in [-0.15, -0.1) is 0 Å². The Bertz CT molecular complexity index is 698. The molecule has 4 heteroatoms. The molecule has 22 heavy (non-hydrogen) atoms. The van der Waals surface area contributed by atoms with Crippen molar-refractivity contribution in [3.63, 3.8) is 0 Å². The number of benzene rings is 1. The molecule has 0 saturated carbocycles. The molecule has 0 atom stereocenters. The maximum absolute atomic E-state index is 5.58. The molecule has 0 aliphatic rings. The van der Waals surface area contributed by atoms with E-state index in [0.717, 1.165) is 28.5 Å². The number of hydrogen-bond donors (Lipinski definition) is 0. The number of rotatable bonds is 6. The molecule has 0 aliphatic carbocycles. The second-order valence-corrected chi connectivity index (χ2v) is 5.16. The molecular formula is C18H19NO3. The second kappa shape index (κ2) is 6.43. The molecule has 0 amide bonds. The number of furan rings is 2. The summed E-state index contributed by atoms with van der Waals surface area (Å²) >= 11 is 0. The molecule has 0 unspecified atom stereocenters. The number of ether oxygens (including phenoxy) is 1. The van der Waals surface area contributed by atoms with Gasteiger partial charge in [0.1, 0.15) is 17.3 Å². The summed E-state index contributed by atoms with van der Waals surface area (Å²) in [5.74, 6) is 2.72. The quantitative estimate of drug-likeness (QED) is 0.676. The summed E-state index contributed by atoms with van der Waals surface area (Å²) in [7, 11) is 1.67. The van der Waals surface area contributed by atoms with Crippen LogP contribution in [0.5, 0.6) is 5.75 Å². The molecule has 0 N–H and O–H groups in total. The molecule has 114 valence electrons. The smallest absolute Gasteiger partial charge is 0.125 e. The van der Waals surface area contributed by atoms with Gasteiger partial charge in [-0.1, -0.05) is 0 Å². The van der Waals surface area contributed by atoms with Gasteiger partial charge in [0.15, 0.2) is 0 Å². The largest absolute Gasteiger partial charge is 0.497 e. The fraction of sp³-hybridized carbons (Fsp3) is 0.222. The summed E-state index contributed by atoms with van der Waals surface area (Å²) in [5.41, 5.74) is 2.24. The van der Waals surface area contributed by atoms with Crippen LogP contribution in [-0.2, 0) is 13.1 Å². The predicted molar refractivity (Wildman–Crippen MR) is 85.0 cm³/mol. The maximum Gasteiger partial charge on any atom is 0.125 e. The minimum atomic E-state index is 0.680. The standard InChI is InChI=1S/C18H19NO3/c1-14-9-11-22-18(14)13-19(12-17-4-3-10-21-17)15-5-7-16(20-2)8-6-15/h3-11H,12-13H2,1-2H3. The zero-order valence-electron chi connectivity index (χ0n) is 12.8. The number of aryl methyl sites for hydroxylation is 1. The third kappa shape index (κ3) is 3.17. The van der Waals surface area contributed by atoms with Crippen molar-refractivity contribution in [2.24, 2.45) is 0 Å². The van der Waals surface area contributed by atoms with Gasteiger partial charge in [0.05, 0.1) is 32.7 Å². The van der Waals surface area contributed by atoms with Crippen LogP contribution in [0.15, 0.2) is 63.8 Å². The number of hydrogen-bond acceptors (Lipinski definition) is 4. The Balaban J connectivity index is 1.85. The first-order chi connectivity index (χ1) is 10.8. The highest BCUT2D eigenvalue weighted by Crippen LogP contribution is 2.24. The third-order valence-electron chi connectivity index (χ3n) is 3.67. The van der Waals surface area contributed by atoms with Crippen LogP contribution in [0.25, 0.3) is 0 Å². The normalized spacial score (nSPS) is 10.6. The van der Waals surface area contributed by atoms with Crippen molar-refractivity contribution < 1.29 is 13.6 Å². The van der Waals surface area contributed by atoms with E-state index >= 15 is 0 Å². The zero-order chi connectivity index (χ0) is 15.4. The molecule has 3 rings (SSSR count). The lowest BCUT2D eigenvalue weighted by Crippen LogP contribution is -2.21. The first-order valence-electron chi connectivity index (χ1n) is 7.20. The highest BCUT2D eigenvalue weighted by Gasteiger charge is 2.13. The van der Waals surface area contributed by atoms with Crippen molar-refractivity contribution in [1.29, 1.82) is 0 Å². The van der Waals surface area contributed by atoms with E-state index in [2.05, 4.69) is 11.8 Å². The Morgan fingerprint density at radius 1 is 0.955 bits per heavy atom. The summed E-state index contributed by atoms with van der Waals surface area (Å²) in [4.78, 5) is 2.21. The first kappa shape index (κ1) is 14.3. The molecule has 4 nitrogen and oxygen atoms in total. The van der Waals surface area contributed by atoms with Crippen LogP contribution in [-0.4, -0.2) is 7.11 Å². The maximum atomic E-state index is 5.58. The Kier molecular flexibility index (Phi) is 4.19. The van der Waals surface area contributed by atoms with Crippen molar-refractivity contribution in [2.75, 3.05) is 12.0 Å². The van der Waals surface area contributed by atoms with Crippen LogP contribution < -0.4 is 9.64 Å². The van der Waals surface area contributed by atoms with Gasteiger partial charge in [0, 0.05) is 5.69 Å². The predicted octanol–water partition coefficient (Wildman–Crippen LogP) is 4.40. The SMILES string of the molecule is COc1ccc(N(Cc2ccco2)Cc2occc2C)cc1. The number of methoxy groups -OCH3 is 1. The fourth-order valence-electron chi connectivity index (χ4n) is 2.36. The Hall–Kier alpha value is -2.62. The molecule has 2 heterocycles. The molecule has 2 aromatic heterocycles. The number of nitrogens with zero attached hydrogens (tertiary/aromatic N) is 1. The second-order valence-electron chi connectivity index (χ2n) is 5.16. The average Bonchev–Trinajstić information content (AvgIpc) is 3.19. The highest BCUT2D eigenvalue weighted by molar-refractivity contribution is 5.49. The Morgan fingerprint density at radius 3 is 2.36 bits per heavy atom. The van der Waals surface area contributed by atoms with Gasteiger partial charge in [-0.3, -0.25) is 0 Å². The Labute approximate surface area is 129 Å². The van der Waals surface area contributed by atoms with E-state index in [1.165, 1.54) is 0 Å². The van der Waals surface area contributed by atoms with Crippen LogP contribution in [0.2, 0.25) is 0 Å². The van der Waals surface area contributed by atoms with E-state index in [-0.39, 0.29) is 0 Å². The molecular weight excluding hydrogens is 278 g/mol. The molecule has 0 fully saturated rings. The summed E-state index contributed by atoms with van der Waals surface area (Å²) in [6, 6.07) is 13.9.